The summed E-state index contributed by atoms with van der Waals surface area (Å²) >= 11 is 0. The zero-order valence-electron chi connectivity index (χ0n) is 16.2. The highest BCUT2D eigenvalue weighted by atomic mass is 16.4. The summed E-state index contributed by atoms with van der Waals surface area (Å²) in [6.07, 6.45) is 2.44. The molecule has 4 rings (SSSR count). The van der Waals surface area contributed by atoms with Crippen LogP contribution < -0.4 is 16.2 Å². The van der Waals surface area contributed by atoms with E-state index in [4.69, 9.17) is 8.83 Å². The van der Waals surface area contributed by atoms with Gasteiger partial charge in [0.05, 0.1) is 5.56 Å². The highest BCUT2D eigenvalue weighted by Gasteiger charge is 2.12. The van der Waals surface area contributed by atoms with E-state index in [0.29, 0.717) is 16.4 Å². The molecule has 0 fully saturated rings. The van der Waals surface area contributed by atoms with Crippen LogP contribution in [0.5, 0.6) is 5.75 Å². The molecule has 0 unspecified atom stereocenters. The molecule has 0 saturated carbocycles. The molecule has 0 atom stereocenters. The van der Waals surface area contributed by atoms with Gasteiger partial charge in [-0.15, -0.1) is 0 Å². The average Bonchev–Trinajstić information content (AvgIpc) is 2.70. The minimum Gasteiger partial charge on any atom is -0.508 e. The van der Waals surface area contributed by atoms with Crippen molar-refractivity contribution in [3.05, 3.63) is 86.6 Å². The molecule has 2 heterocycles. The van der Waals surface area contributed by atoms with Gasteiger partial charge in [0, 0.05) is 42.7 Å². The molecule has 0 radical (unpaired) electrons. The number of fused-ring (bicyclic) bond motifs is 2. The largest absolute Gasteiger partial charge is 0.508 e. The molecule has 1 N–H and O–H groups in total. The van der Waals surface area contributed by atoms with Gasteiger partial charge in [-0.05, 0) is 48.6 Å². The van der Waals surface area contributed by atoms with Crippen LogP contribution in [0.15, 0.2) is 73.0 Å². The number of hydrogen-bond donors (Lipinski definition) is 1. The number of allylic oxidation sites excluding steroid dienone is 1. The maximum absolute atomic E-state index is 12.5. The lowest BCUT2D eigenvalue weighted by Crippen LogP contribution is -2.12. The van der Waals surface area contributed by atoms with Crippen molar-refractivity contribution < 1.29 is 18.7 Å². The molecule has 0 saturated heterocycles. The number of benzene rings is 2. The normalized spacial score (nSPS) is 11.4. The Bertz CT molecular complexity index is 1440. The van der Waals surface area contributed by atoms with Crippen LogP contribution in [0.4, 0.5) is 5.69 Å². The Morgan fingerprint density at radius 1 is 0.900 bits per heavy atom. The van der Waals surface area contributed by atoms with E-state index in [9.17, 15) is 19.5 Å². The number of hydrogen-bond acceptors (Lipinski definition) is 7. The predicted octanol–water partition coefficient (Wildman–Crippen LogP) is 3.57. The van der Waals surface area contributed by atoms with Crippen LogP contribution in [0.25, 0.3) is 28.0 Å². The summed E-state index contributed by atoms with van der Waals surface area (Å²) in [6, 6.07) is 12.7. The summed E-state index contributed by atoms with van der Waals surface area (Å²) in [6.45, 7) is 0. The van der Waals surface area contributed by atoms with Gasteiger partial charge in [0.15, 0.2) is 5.78 Å². The summed E-state index contributed by atoms with van der Waals surface area (Å²) in [4.78, 5) is 38.8. The van der Waals surface area contributed by atoms with Gasteiger partial charge in [0.1, 0.15) is 22.5 Å². The molecule has 0 spiro atoms. The van der Waals surface area contributed by atoms with E-state index in [-0.39, 0.29) is 22.5 Å². The van der Waals surface area contributed by atoms with Crippen molar-refractivity contribution >= 4 is 39.5 Å². The van der Waals surface area contributed by atoms with E-state index in [1.54, 1.807) is 12.1 Å². The quantitative estimate of drug-likeness (QED) is 0.316. The Labute approximate surface area is 170 Å². The van der Waals surface area contributed by atoms with Crippen LogP contribution >= 0.6 is 0 Å². The number of carbonyl (C=O) groups is 1. The summed E-state index contributed by atoms with van der Waals surface area (Å²) < 4.78 is 10.5. The molecule has 0 amide bonds. The monoisotopic (exact) mass is 403 g/mol. The van der Waals surface area contributed by atoms with Crippen LogP contribution in [0.3, 0.4) is 0 Å². The molecule has 150 valence electrons. The lowest BCUT2D eigenvalue weighted by molar-refractivity contribution is 0.104. The standard InChI is InChI=1S/C23H17NO6/c1-24(2)16-6-3-13-9-15(22(27)29-20(13)11-16)5-8-19(26)18-10-14-4-7-17(25)12-21(14)30-23(18)28/h3-12,25H,1-2H3/b8-5+. The Morgan fingerprint density at radius 3 is 2.33 bits per heavy atom. The summed E-state index contributed by atoms with van der Waals surface area (Å²) in [5.41, 5.74) is 0.0862. The number of rotatable bonds is 4. The number of aromatic hydroxyl groups is 1. The van der Waals surface area contributed by atoms with Crippen LogP contribution in [0, 0.1) is 0 Å². The Kier molecular flexibility index (Phi) is 4.71. The zero-order chi connectivity index (χ0) is 21.4. The Morgan fingerprint density at radius 2 is 1.57 bits per heavy atom. The van der Waals surface area contributed by atoms with Crippen molar-refractivity contribution in [2.45, 2.75) is 0 Å². The topological polar surface area (TPSA) is 101 Å². The highest BCUT2D eigenvalue weighted by molar-refractivity contribution is 6.07. The number of phenolic OH excluding ortho intramolecular Hbond substituents is 1. The van der Waals surface area contributed by atoms with E-state index in [1.807, 2.05) is 31.1 Å². The molecule has 7 heteroatoms. The van der Waals surface area contributed by atoms with Crippen molar-refractivity contribution in [3.8, 4) is 5.75 Å². The second kappa shape index (κ2) is 7.36. The van der Waals surface area contributed by atoms with Gasteiger partial charge in [-0.3, -0.25) is 4.79 Å². The molecule has 7 nitrogen and oxygen atoms in total. The molecule has 0 aliphatic heterocycles. The predicted molar refractivity (Wildman–Crippen MR) is 114 cm³/mol. The van der Waals surface area contributed by atoms with Gasteiger partial charge in [-0.2, -0.15) is 0 Å². The molecule has 2 aromatic heterocycles. The lowest BCUT2D eigenvalue weighted by atomic mass is 10.1. The van der Waals surface area contributed by atoms with Crippen LogP contribution in [0.1, 0.15) is 15.9 Å². The maximum Gasteiger partial charge on any atom is 0.347 e. The Balaban J connectivity index is 1.68. The highest BCUT2D eigenvalue weighted by Crippen LogP contribution is 2.21. The molecule has 30 heavy (non-hydrogen) atoms. The second-order valence-electron chi connectivity index (χ2n) is 6.97. The minimum atomic E-state index is -0.829. The van der Waals surface area contributed by atoms with Gasteiger partial charge in [0.25, 0.3) is 0 Å². The third kappa shape index (κ3) is 3.60. The summed E-state index contributed by atoms with van der Waals surface area (Å²) in [5, 5.41) is 10.7. The van der Waals surface area contributed by atoms with Gasteiger partial charge in [0.2, 0.25) is 0 Å². The third-order valence-corrected chi connectivity index (χ3v) is 4.66. The van der Waals surface area contributed by atoms with E-state index in [2.05, 4.69) is 0 Å². The number of ketones is 1. The van der Waals surface area contributed by atoms with Gasteiger partial charge < -0.3 is 18.8 Å². The molecular weight excluding hydrogens is 386 g/mol. The van der Waals surface area contributed by atoms with E-state index in [1.165, 1.54) is 30.3 Å². The summed E-state index contributed by atoms with van der Waals surface area (Å²) in [7, 11) is 3.77. The van der Waals surface area contributed by atoms with Crippen molar-refractivity contribution in [1.29, 1.82) is 0 Å². The average molecular weight is 403 g/mol. The van der Waals surface area contributed by atoms with E-state index >= 15 is 0 Å². The number of anilines is 1. The van der Waals surface area contributed by atoms with Gasteiger partial charge in [-0.25, -0.2) is 9.59 Å². The fraction of sp³-hybridized carbons (Fsp3) is 0.0870. The van der Waals surface area contributed by atoms with Crippen molar-refractivity contribution in [2.75, 3.05) is 19.0 Å². The molecular formula is C23H17NO6. The first-order chi connectivity index (χ1) is 14.3. The van der Waals surface area contributed by atoms with Crippen LogP contribution in [-0.4, -0.2) is 25.0 Å². The smallest absolute Gasteiger partial charge is 0.347 e. The summed E-state index contributed by atoms with van der Waals surface area (Å²) in [5.74, 6) is -0.661. The maximum atomic E-state index is 12.5. The molecule has 0 aliphatic carbocycles. The molecule has 0 bridgehead atoms. The van der Waals surface area contributed by atoms with Crippen molar-refractivity contribution in [3.63, 3.8) is 0 Å². The first kappa shape index (κ1) is 19.2. The molecule has 0 aliphatic rings. The fourth-order valence-electron chi connectivity index (χ4n) is 3.04. The first-order valence-electron chi connectivity index (χ1n) is 9.06. The lowest BCUT2D eigenvalue weighted by Gasteiger charge is -2.12. The molecule has 4 aromatic rings. The number of phenols is 1. The van der Waals surface area contributed by atoms with Crippen LogP contribution in [-0.2, 0) is 0 Å². The van der Waals surface area contributed by atoms with Crippen LogP contribution in [0.2, 0.25) is 0 Å². The Hall–Kier alpha value is -4.13. The van der Waals surface area contributed by atoms with Gasteiger partial charge >= 0.3 is 11.3 Å². The SMILES string of the molecule is CN(C)c1ccc2cc(/C=C/C(=O)c3cc4ccc(O)cc4oc3=O)c(=O)oc2c1. The van der Waals surface area contributed by atoms with E-state index < -0.39 is 17.0 Å². The zero-order valence-corrected chi connectivity index (χ0v) is 16.2. The second-order valence-corrected chi connectivity index (χ2v) is 6.97. The number of nitrogens with zero attached hydrogens (tertiary/aromatic N) is 1. The molecule has 2 aromatic carbocycles. The van der Waals surface area contributed by atoms with Gasteiger partial charge in [-0.1, -0.05) is 0 Å². The minimum absolute atomic E-state index is 0.0506. The fourth-order valence-corrected chi connectivity index (χ4v) is 3.04. The van der Waals surface area contributed by atoms with Crippen molar-refractivity contribution in [1.82, 2.24) is 0 Å². The third-order valence-electron chi connectivity index (χ3n) is 4.66. The van der Waals surface area contributed by atoms with E-state index in [0.717, 1.165) is 11.8 Å². The number of carbonyl (C=O) groups excluding carboxylic acids is 1. The first-order valence-corrected chi connectivity index (χ1v) is 9.06. The van der Waals surface area contributed by atoms with Crippen molar-refractivity contribution in [2.24, 2.45) is 0 Å².